The molecular formula is C14H16N2O2. The highest BCUT2D eigenvalue weighted by molar-refractivity contribution is 6.31. The quantitative estimate of drug-likeness (QED) is 0.810. The molecule has 0 atom stereocenters. The molecule has 0 aromatic heterocycles. The van der Waals surface area contributed by atoms with Crippen molar-refractivity contribution in [3.05, 3.63) is 30.0 Å². The van der Waals surface area contributed by atoms with Crippen LogP contribution in [0.3, 0.4) is 0 Å². The maximum atomic E-state index is 12.0. The number of fused-ring (bicyclic) bond motifs is 1. The van der Waals surface area contributed by atoms with Gasteiger partial charge in [-0.1, -0.05) is 0 Å². The topological polar surface area (TPSA) is 41.6 Å². The zero-order chi connectivity index (χ0) is 12.5. The van der Waals surface area contributed by atoms with Crippen molar-refractivity contribution >= 4 is 17.2 Å². The largest absolute Gasteiger partial charge is 0.497 e. The summed E-state index contributed by atoms with van der Waals surface area (Å²) in [5, 5.41) is 2.88. The number of rotatable bonds is 2. The Morgan fingerprint density at radius 2 is 2.11 bits per heavy atom. The Bertz CT molecular complexity index is 517. The van der Waals surface area contributed by atoms with E-state index in [4.69, 9.17) is 4.74 Å². The smallest absolute Gasteiger partial charge is 0.257 e. The van der Waals surface area contributed by atoms with Gasteiger partial charge in [-0.3, -0.25) is 4.79 Å². The number of amides is 1. The van der Waals surface area contributed by atoms with E-state index in [2.05, 4.69) is 10.2 Å². The molecule has 1 amide bonds. The molecule has 2 aliphatic heterocycles. The zero-order valence-electron chi connectivity index (χ0n) is 10.4. The number of likely N-dealkylation sites (tertiary alicyclic amines) is 1. The third kappa shape index (κ3) is 1.83. The lowest BCUT2D eigenvalue weighted by Crippen LogP contribution is -2.14. The van der Waals surface area contributed by atoms with Crippen LogP contribution in [0, 0.1) is 0 Å². The fourth-order valence-electron chi connectivity index (χ4n) is 2.48. The van der Waals surface area contributed by atoms with E-state index in [-0.39, 0.29) is 5.91 Å². The Kier molecular flexibility index (Phi) is 2.70. The maximum absolute atomic E-state index is 12.0. The lowest BCUT2D eigenvalue weighted by molar-refractivity contribution is -0.110. The summed E-state index contributed by atoms with van der Waals surface area (Å²) in [6.45, 7) is 2.08. The first-order valence-electron chi connectivity index (χ1n) is 6.23. The van der Waals surface area contributed by atoms with Crippen molar-refractivity contribution in [1.82, 2.24) is 4.90 Å². The molecule has 1 aromatic rings. The molecule has 1 fully saturated rings. The predicted molar refractivity (Wildman–Crippen MR) is 70.4 cm³/mol. The molecule has 3 rings (SSSR count). The molecule has 1 saturated heterocycles. The monoisotopic (exact) mass is 244 g/mol. The molecule has 0 bridgehead atoms. The number of ether oxygens (including phenoxy) is 1. The lowest BCUT2D eigenvalue weighted by Gasteiger charge is -2.12. The highest BCUT2D eigenvalue weighted by Gasteiger charge is 2.25. The fourth-order valence-corrected chi connectivity index (χ4v) is 2.48. The molecule has 2 heterocycles. The van der Waals surface area contributed by atoms with Gasteiger partial charge in [-0.2, -0.15) is 0 Å². The second-order valence-electron chi connectivity index (χ2n) is 4.65. The SMILES string of the molecule is COc1ccc2c(c1)/C(=C\N1CCCC1)C(=O)N2. The molecule has 4 nitrogen and oxygen atoms in total. The molecule has 0 aliphatic carbocycles. The van der Waals surface area contributed by atoms with E-state index >= 15 is 0 Å². The number of nitrogens with zero attached hydrogens (tertiary/aromatic N) is 1. The highest BCUT2D eigenvalue weighted by Crippen LogP contribution is 2.34. The van der Waals surface area contributed by atoms with Gasteiger partial charge in [0.15, 0.2) is 0 Å². The average Bonchev–Trinajstić information content (AvgIpc) is 2.99. The summed E-state index contributed by atoms with van der Waals surface area (Å²) in [6.07, 6.45) is 4.39. The van der Waals surface area contributed by atoms with E-state index in [1.54, 1.807) is 7.11 Å². The van der Waals surface area contributed by atoms with E-state index in [1.165, 1.54) is 12.8 Å². The summed E-state index contributed by atoms with van der Waals surface area (Å²) < 4.78 is 5.21. The summed E-state index contributed by atoms with van der Waals surface area (Å²) in [6, 6.07) is 5.66. The van der Waals surface area contributed by atoms with Crippen molar-refractivity contribution in [2.45, 2.75) is 12.8 Å². The van der Waals surface area contributed by atoms with Crippen molar-refractivity contribution in [3.8, 4) is 5.75 Å². The minimum atomic E-state index is -0.0230. The van der Waals surface area contributed by atoms with Crippen LogP contribution >= 0.6 is 0 Å². The van der Waals surface area contributed by atoms with E-state index in [1.807, 2.05) is 24.4 Å². The predicted octanol–water partition coefficient (Wildman–Crippen LogP) is 2.08. The second kappa shape index (κ2) is 4.37. The summed E-state index contributed by atoms with van der Waals surface area (Å²) in [5.74, 6) is 0.753. The van der Waals surface area contributed by atoms with Gasteiger partial charge in [0, 0.05) is 30.5 Å². The average molecular weight is 244 g/mol. The molecule has 18 heavy (non-hydrogen) atoms. The fraction of sp³-hybridized carbons (Fsp3) is 0.357. The van der Waals surface area contributed by atoms with Crippen LogP contribution in [-0.2, 0) is 4.79 Å². The number of methoxy groups -OCH3 is 1. The minimum absolute atomic E-state index is 0.0230. The standard InChI is InChI=1S/C14H16N2O2/c1-18-10-4-5-13-11(8-10)12(14(17)15-13)9-16-6-2-3-7-16/h4-5,8-9H,2-3,6-7H2,1H3,(H,15,17)/b12-9+. The third-order valence-electron chi connectivity index (χ3n) is 3.46. The molecule has 0 radical (unpaired) electrons. The molecular weight excluding hydrogens is 228 g/mol. The van der Waals surface area contributed by atoms with Crippen LogP contribution < -0.4 is 10.1 Å². The summed E-state index contributed by atoms with van der Waals surface area (Å²) in [5.41, 5.74) is 2.54. The Labute approximate surface area is 106 Å². The molecule has 0 unspecified atom stereocenters. The molecule has 2 aliphatic rings. The van der Waals surface area contributed by atoms with Gasteiger partial charge in [0.05, 0.1) is 12.7 Å². The van der Waals surface area contributed by atoms with E-state index < -0.39 is 0 Å². The Balaban J connectivity index is 1.99. The number of anilines is 1. The van der Waals surface area contributed by atoms with Crippen LogP contribution in [0.1, 0.15) is 18.4 Å². The van der Waals surface area contributed by atoms with Crippen molar-refractivity contribution in [1.29, 1.82) is 0 Å². The van der Waals surface area contributed by atoms with Gasteiger partial charge in [0.2, 0.25) is 0 Å². The number of hydrogen-bond acceptors (Lipinski definition) is 3. The maximum Gasteiger partial charge on any atom is 0.257 e. The number of carbonyl (C=O) groups is 1. The van der Waals surface area contributed by atoms with Gasteiger partial charge in [-0.05, 0) is 31.0 Å². The summed E-state index contributed by atoms with van der Waals surface area (Å²) >= 11 is 0. The molecule has 0 saturated carbocycles. The number of hydrogen-bond donors (Lipinski definition) is 1. The van der Waals surface area contributed by atoms with E-state index in [0.29, 0.717) is 0 Å². The van der Waals surface area contributed by atoms with Crippen molar-refractivity contribution < 1.29 is 9.53 Å². The van der Waals surface area contributed by atoms with Crippen LogP contribution in [0.4, 0.5) is 5.69 Å². The van der Waals surface area contributed by atoms with Crippen LogP contribution in [0.2, 0.25) is 0 Å². The molecule has 1 N–H and O–H groups in total. The minimum Gasteiger partial charge on any atom is -0.497 e. The van der Waals surface area contributed by atoms with E-state index in [9.17, 15) is 4.79 Å². The second-order valence-corrected chi connectivity index (χ2v) is 4.65. The summed E-state index contributed by atoms with van der Waals surface area (Å²) in [4.78, 5) is 14.2. The Morgan fingerprint density at radius 3 is 2.83 bits per heavy atom. The lowest BCUT2D eigenvalue weighted by atomic mass is 10.1. The first-order chi connectivity index (χ1) is 8.78. The zero-order valence-corrected chi connectivity index (χ0v) is 10.4. The third-order valence-corrected chi connectivity index (χ3v) is 3.46. The van der Waals surface area contributed by atoms with Gasteiger partial charge in [0.25, 0.3) is 5.91 Å². The number of benzene rings is 1. The first-order valence-corrected chi connectivity index (χ1v) is 6.23. The molecule has 4 heteroatoms. The van der Waals surface area contributed by atoms with Gasteiger partial charge >= 0.3 is 0 Å². The van der Waals surface area contributed by atoms with Crippen LogP contribution in [0.25, 0.3) is 5.57 Å². The molecule has 1 aromatic carbocycles. The molecule has 0 spiro atoms. The summed E-state index contributed by atoms with van der Waals surface area (Å²) in [7, 11) is 1.63. The van der Waals surface area contributed by atoms with Gasteiger partial charge < -0.3 is 15.0 Å². The van der Waals surface area contributed by atoms with Crippen molar-refractivity contribution in [2.75, 3.05) is 25.5 Å². The van der Waals surface area contributed by atoms with E-state index in [0.717, 1.165) is 35.7 Å². The Morgan fingerprint density at radius 1 is 1.33 bits per heavy atom. The molecule has 94 valence electrons. The number of nitrogens with one attached hydrogen (secondary N) is 1. The van der Waals surface area contributed by atoms with Crippen LogP contribution in [-0.4, -0.2) is 31.0 Å². The van der Waals surface area contributed by atoms with Crippen molar-refractivity contribution in [3.63, 3.8) is 0 Å². The normalized spacial score (nSPS) is 20.2. The van der Waals surface area contributed by atoms with Gasteiger partial charge in [-0.15, -0.1) is 0 Å². The highest BCUT2D eigenvalue weighted by atomic mass is 16.5. The number of carbonyl (C=O) groups excluding carboxylic acids is 1. The Hall–Kier alpha value is -1.97. The first kappa shape index (κ1) is 11.1. The van der Waals surface area contributed by atoms with Gasteiger partial charge in [-0.25, -0.2) is 0 Å². The van der Waals surface area contributed by atoms with Crippen LogP contribution in [0.5, 0.6) is 5.75 Å². The van der Waals surface area contributed by atoms with Crippen molar-refractivity contribution in [2.24, 2.45) is 0 Å². The van der Waals surface area contributed by atoms with Crippen LogP contribution in [0.15, 0.2) is 24.4 Å². The van der Waals surface area contributed by atoms with Gasteiger partial charge in [0.1, 0.15) is 5.75 Å².